The van der Waals surface area contributed by atoms with E-state index in [0.29, 0.717) is 6.04 Å². The molecular weight excluding hydrogens is 194 g/mol. The van der Waals surface area contributed by atoms with E-state index in [4.69, 9.17) is 5.73 Å². The summed E-state index contributed by atoms with van der Waals surface area (Å²) >= 11 is 0. The minimum atomic E-state index is 0.393. The lowest BCUT2D eigenvalue weighted by Crippen LogP contribution is -2.28. The van der Waals surface area contributed by atoms with Crippen molar-refractivity contribution in [2.45, 2.75) is 63.8 Å². The van der Waals surface area contributed by atoms with E-state index in [1.807, 2.05) is 0 Å². The van der Waals surface area contributed by atoms with Gasteiger partial charge in [-0.2, -0.15) is 0 Å². The van der Waals surface area contributed by atoms with E-state index in [1.165, 1.54) is 57.8 Å². The Balaban J connectivity index is 1.56. The summed E-state index contributed by atoms with van der Waals surface area (Å²) in [5.74, 6) is 3.08. The number of allylic oxidation sites excluding steroid dienone is 1. The molecule has 4 atom stereocenters. The van der Waals surface area contributed by atoms with Crippen molar-refractivity contribution < 1.29 is 0 Å². The van der Waals surface area contributed by atoms with Crippen LogP contribution in [-0.4, -0.2) is 6.04 Å². The molecule has 1 heteroatoms. The zero-order valence-electron chi connectivity index (χ0n) is 10.3. The van der Waals surface area contributed by atoms with Crippen molar-refractivity contribution in [3.8, 4) is 0 Å². The lowest BCUT2D eigenvalue weighted by molar-refractivity contribution is 0.301. The van der Waals surface area contributed by atoms with E-state index >= 15 is 0 Å². The number of fused-ring (bicyclic) bond motifs is 2. The molecule has 0 saturated heterocycles. The van der Waals surface area contributed by atoms with E-state index < -0.39 is 0 Å². The van der Waals surface area contributed by atoms with E-state index in [2.05, 4.69) is 6.08 Å². The predicted molar refractivity (Wildman–Crippen MR) is 68.1 cm³/mol. The van der Waals surface area contributed by atoms with Crippen LogP contribution in [0.25, 0.3) is 0 Å². The molecule has 2 N–H and O–H groups in total. The first-order chi connectivity index (χ1) is 7.83. The van der Waals surface area contributed by atoms with Crippen LogP contribution in [-0.2, 0) is 0 Å². The molecule has 90 valence electrons. The minimum absolute atomic E-state index is 0.393. The van der Waals surface area contributed by atoms with Gasteiger partial charge in [-0.3, -0.25) is 0 Å². The Bertz CT molecular complexity index is 281. The molecule has 0 spiro atoms. The normalized spacial score (nSPS) is 39.8. The summed E-state index contributed by atoms with van der Waals surface area (Å²) in [7, 11) is 0. The molecule has 0 radical (unpaired) electrons. The van der Waals surface area contributed by atoms with Crippen molar-refractivity contribution in [1.29, 1.82) is 0 Å². The third-order valence-electron chi connectivity index (χ3n) is 5.24. The topological polar surface area (TPSA) is 26.0 Å². The lowest BCUT2D eigenvalue weighted by atomic mass is 9.81. The predicted octanol–water partition coefficient (Wildman–Crippen LogP) is 3.64. The average molecular weight is 219 g/mol. The van der Waals surface area contributed by atoms with Crippen molar-refractivity contribution in [3.05, 3.63) is 11.6 Å². The maximum absolute atomic E-state index is 6.39. The smallest absolute Gasteiger partial charge is 0.0256 e. The van der Waals surface area contributed by atoms with Gasteiger partial charge in [0.05, 0.1) is 0 Å². The summed E-state index contributed by atoms with van der Waals surface area (Å²) < 4.78 is 0. The Morgan fingerprint density at radius 2 is 2.19 bits per heavy atom. The molecule has 2 saturated carbocycles. The third kappa shape index (κ3) is 2.07. The molecule has 0 amide bonds. The first-order valence-corrected chi connectivity index (χ1v) is 7.27. The van der Waals surface area contributed by atoms with Crippen molar-refractivity contribution >= 4 is 0 Å². The first kappa shape index (κ1) is 10.8. The highest BCUT2D eigenvalue weighted by Crippen LogP contribution is 2.50. The van der Waals surface area contributed by atoms with Crippen LogP contribution >= 0.6 is 0 Å². The second kappa shape index (κ2) is 4.52. The highest BCUT2D eigenvalue weighted by Gasteiger charge is 2.39. The molecule has 3 rings (SSSR count). The molecule has 3 aliphatic rings. The first-order valence-electron chi connectivity index (χ1n) is 7.27. The fourth-order valence-corrected chi connectivity index (χ4v) is 4.34. The Morgan fingerprint density at radius 1 is 1.25 bits per heavy atom. The molecule has 3 aliphatic carbocycles. The Kier molecular flexibility index (Phi) is 3.06. The van der Waals surface area contributed by atoms with Crippen LogP contribution in [0, 0.1) is 17.8 Å². The second-order valence-electron chi connectivity index (χ2n) is 6.30. The van der Waals surface area contributed by atoms with E-state index in [9.17, 15) is 0 Å². The van der Waals surface area contributed by atoms with Crippen molar-refractivity contribution in [1.82, 2.24) is 0 Å². The van der Waals surface area contributed by atoms with Crippen molar-refractivity contribution in [2.75, 3.05) is 0 Å². The molecule has 0 aromatic rings. The highest BCUT2D eigenvalue weighted by atomic mass is 14.6. The van der Waals surface area contributed by atoms with Gasteiger partial charge in [-0.25, -0.2) is 0 Å². The van der Waals surface area contributed by atoms with Crippen molar-refractivity contribution in [3.63, 3.8) is 0 Å². The third-order valence-corrected chi connectivity index (χ3v) is 5.24. The molecule has 1 nitrogen and oxygen atoms in total. The fraction of sp³-hybridized carbons (Fsp3) is 0.867. The zero-order valence-corrected chi connectivity index (χ0v) is 10.3. The number of hydrogen-bond donors (Lipinski definition) is 1. The van der Waals surface area contributed by atoms with Crippen LogP contribution in [0.1, 0.15) is 57.8 Å². The number of nitrogens with two attached hydrogens (primary N) is 1. The van der Waals surface area contributed by atoms with Gasteiger partial charge >= 0.3 is 0 Å². The Labute approximate surface area is 99.5 Å². The van der Waals surface area contributed by atoms with Gasteiger partial charge in [-0.1, -0.05) is 18.1 Å². The zero-order chi connectivity index (χ0) is 11.0. The summed E-state index contributed by atoms with van der Waals surface area (Å²) in [4.78, 5) is 0. The average Bonchev–Trinajstić information content (AvgIpc) is 2.92. The van der Waals surface area contributed by atoms with Crippen LogP contribution in [0.2, 0.25) is 0 Å². The van der Waals surface area contributed by atoms with Gasteiger partial charge in [0.15, 0.2) is 0 Å². The van der Waals surface area contributed by atoms with Crippen LogP contribution in [0.4, 0.5) is 0 Å². The minimum Gasteiger partial charge on any atom is -0.324 e. The van der Waals surface area contributed by atoms with Crippen LogP contribution in [0.3, 0.4) is 0 Å². The van der Waals surface area contributed by atoms with Crippen LogP contribution in [0.5, 0.6) is 0 Å². The van der Waals surface area contributed by atoms with Gasteiger partial charge in [0, 0.05) is 6.04 Å². The molecule has 0 aromatic carbocycles. The molecule has 0 aromatic heterocycles. The molecule has 0 aliphatic heterocycles. The summed E-state index contributed by atoms with van der Waals surface area (Å²) in [5.41, 5.74) is 7.97. The largest absolute Gasteiger partial charge is 0.324 e. The molecule has 2 bridgehead atoms. The highest BCUT2D eigenvalue weighted by molar-refractivity contribution is 5.13. The van der Waals surface area contributed by atoms with E-state index in [1.54, 1.807) is 5.57 Å². The standard InChI is InChI=1S/C15H25N/c16-15(12-4-2-1-3-5-12)10-14-9-11-6-7-13(14)8-11/h4,11,13-15H,1-3,5-10,16H2. The van der Waals surface area contributed by atoms with Gasteiger partial charge in [-0.05, 0) is 69.1 Å². The van der Waals surface area contributed by atoms with Gasteiger partial charge in [-0.15, -0.1) is 0 Å². The second-order valence-corrected chi connectivity index (χ2v) is 6.30. The molecule has 2 fully saturated rings. The maximum atomic E-state index is 6.39. The quantitative estimate of drug-likeness (QED) is 0.721. The fourth-order valence-electron chi connectivity index (χ4n) is 4.34. The Morgan fingerprint density at radius 3 is 2.81 bits per heavy atom. The van der Waals surface area contributed by atoms with Gasteiger partial charge in [0.1, 0.15) is 0 Å². The number of rotatable bonds is 3. The molecular formula is C15H25N. The number of hydrogen-bond acceptors (Lipinski definition) is 1. The van der Waals surface area contributed by atoms with E-state index in [0.717, 1.165) is 17.8 Å². The van der Waals surface area contributed by atoms with Crippen LogP contribution in [0.15, 0.2) is 11.6 Å². The summed E-state index contributed by atoms with van der Waals surface area (Å²) in [6, 6.07) is 0.393. The SMILES string of the molecule is NC(CC1CC2CCC1C2)C1=CCCCC1. The van der Waals surface area contributed by atoms with E-state index in [-0.39, 0.29) is 0 Å². The maximum Gasteiger partial charge on any atom is 0.0256 e. The van der Waals surface area contributed by atoms with Gasteiger partial charge in [0.25, 0.3) is 0 Å². The lowest BCUT2D eigenvalue weighted by Gasteiger charge is -2.27. The molecule has 0 heterocycles. The van der Waals surface area contributed by atoms with Gasteiger partial charge in [0.2, 0.25) is 0 Å². The monoisotopic (exact) mass is 219 g/mol. The summed E-state index contributed by atoms with van der Waals surface area (Å²) in [5, 5.41) is 0. The summed E-state index contributed by atoms with van der Waals surface area (Å²) in [6.45, 7) is 0. The molecule has 16 heavy (non-hydrogen) atoms. The Hall–Kier alpha value is -0.300. The van der Waals surface area contributed by atoms with Gasteiger partial charge < -0.3 is 5.73 Å². The molecule has 4 unspecified atom stereocenters. The van der Waals surface area contributed by atoms with Crippen LogP contribution < -0.4 is 5.73 Å². The summed E-state index contributed by atoms with van der Waals surface area (Å²) in [6.07, 6.45) is 15.1. The van der Waals surface area contributed by atoms with Crippen molar-refractivity contribution in [2.24, 2.45) is 23.5 Å².